The van der Waals surface area contributed by atoms with E-state index in [2.05, 4.69) is 27.9 Å². The van der Waals surface area contributed by atoms with Crippen molar-refractivity contribution in [1.29, 1.82) is 0 Å². The van der Waals surface area contributed by atoms with Gasteiger partial charge in [0.2, 0.25) is 0 Å². The van der Waals surface area contributed by atoms with Crippen molar-refractivity contribution in [3.63, 3.8) is 0 Å². The monoisotopic (exact) mass is 352 g/mol. The summed E-state index contributed by atoms with van der Waals surface area (Å²) >= 11 is 0. The molecule has 0 saturated carbocycles. The van der Waals surface area contributed by atoms with Crippen LogP contribution in [-0.2, 0) is 13.0 Å². The molecule has 0 bridgehead atoms. The third-order valence-electron chi connectivity index (χ3n) is 4.16. The number of fused-ring (bicyclic) bond motifs is 1. The first-order valence-electron chi connectivity index (χ1n) is 8.57. The molecule has 0 aliphatic carbocycles. The molecule has 26 heavy (non-hydrogen) atoms. The second kappa shape index (κ2) is 7.77. The van der Waals surface area contributed by atoms with Gasteiger partial charge < -0.3 is 9.88 Å². The van der Waals surface area contributed by atoms with Crippen molar-refractivity contribution in [2.45, 2.75) is 26.3 Å². The van der Waals surface area contributed by atoms with Crippen molar-refractivity contribution in [1.82, 2.24) is 14.9 Å². The fourth-order valence-electron chi connectivity index (χ4n) is 2.91. The van der Waals surface area contributed by atoms with E-state index in [1.807, 2.05) is 18.2 Å². The standard InChI is InChI=1S/C19H20N4O3/c1-2-13-22-17-6-4-3-5-16(17)21-18(22)11-12-20-19(24)14-7-9-15(10-8-14)23(25)26/h3-10H,2,11-13H2,1H3,(H,20,24). The summed E-state index contributed by atoms with van der Waals surface area (Å²) in [5, 5.41) is 13.5. The van der Waals surface area contributed by atoms with E-state index in [4.69, 9.17) is 0 Å². The number of para-hydroxylation sites is 2. The van der Waals surface area contributed by atoms with E-state index in [1.54, 1.807) is 0 Å². The van der Waals surface area contributed by atoms with Gasteiger partial charge in [0.1, 0.15) is 5.82 Å². The van der Waals surface area contributed by atoms with Crippen LogP contribution in [0.4, 0.5) is 5.69 Å². The van der Waals surface area contributed by atoms with Gasteiger partial charge in [-0.3, -0.25) is 14.9 Å². The minimum atomic E-state index is -0.486. The SMILES string of the molecule is CCCn1c(CCNC(=O)c2ccc([N+](=O)[O-])cc2)nc2ccccc21. The third kappa shape index (κ3) is 3.72. The summed E-state index contributed by atoms with van der Waals surface area (Å²) in [6.45, 7) is 3.45. The zero-order valence-electron chi connectivity index (χ0n) is 14.5. The number of aryl methyl sites for hydroxylation is 1. The molecular formula is C19H20N4O3. The van der Waals surface area contributed by atoms with Gasteiger partial charge in [0.25, 0.3) is 11.6 Å². The number of nitrogens with one attached hydrogen (secondary N) is 1. The summed E-state index contributed by atoms with van der Waals surface area (Å²) in [6, 6.07) is 13.6. The summed E-state index contributed by atoms with van der Waals surface area (Å²) in [7, 11) is 0. The number of aromatic nitrogens is 2. The highest BCUT2D eigenvalue weighted by atomic mass is 16.6. The zero-order valence-corrected chi connectivity index (χ0v) is 14.5. The van der Waals surface area contributed by atoms with E-state index in [1.165, 1.54) is 24.3 Å². The molecule has 1 aromatic heterocycles. The lowest BCUT2D eigenvalue weighted by Crippen LogP contribution is -2.26. The molecule has 0 unspecified atom stereocenters. The fourth-order valence-corrected chi connectivity index (χ4v) is 2.91. The molecular weight excluding hydrogens is 332 g/mol. The Balaban J connectivity index is 1.66. The minimum Gasteiger partial charge on any atom is -0.352 e. The molecule has 0 atom stereocenters. The van der Waals surface area contributed by atoms with Gasteiger partial charge in [-0.15, -0.1) is 0 Å². The maximum absolute atomic E-state index is 12.2. The predicted octanol–water partition coefficient (Wildman–Crippen LogP) is 3.33. The number of nitro benzene ring substituents is 1. The Morgan fingerprint density at radius 3 is 2.62 bits per heavy atom. The Morgan fingerprint density at radius 1 is 1.19 bits per heavy atom. The Morgan fingerprint density at radius 2 is 1.92 bits per heavy atom. The first-order valence-corrected chi connectivity index (χ1v) is 8.57. The molecule has 2 aromatic carbocycles. The molecule has 0 aliphatic rings. The molecule has 7 heteroatoms. The van der Waals surface area contributed by atoms with Gasteiger partial charge in [0, 0.05) is 37.2 Å². The second-order valence-electron chi connectivity index (χ2n) is 5.98. The van der Waals surface area contributed by atoms with E-state index < -0.39 is 4.92 Å². The normalized spacial score (nSPS) is 10.8. The van der Waals surface area contributed by atoms with Crippen LogP contribution in [0.1, 0.15) is 29.5 Å². The molecule has 0 fully saturated rings. The Labute approximate surface area is 150 Å². The summed E-state index contributed by atoms with van der Waals surface area (Å²) in [5.41, 5.74) is 2.43. The maximum Gasteiger partial charge on any atom is 0.269 e. The van der Waals surface area contributed by atoms with E-state index in [0.717, 1.165) is 29.8 Å². The van der Waals surface area contributed by atoms with E-state index in [9.17, 15) is 14.9 Å². The molecule has 0 saturated heterocycles. The smallest absolute Gasteiger partial charge is 0.269 e. The van der Waals surface area contributed by atoms with Crippen LogP contribution in [0.2, 0.25) is 0 Å². The average Bonchev–Trinajstić information content (AvgIpc) is 3.00. The fraction of sp³-hybridized carbons (Fsp3) is 0.263. The Kier molecular flexibility index (Phi) is 5.26. The Bertz CT molecular complexity index is 932. The van der Waals surface area contributed by atoms with Crippen LogP contribution in [0.5, 0.6) is 0 Å². The lowest BCUT2D eigenvalue weighted by molar-refractivity contribution is -0.384. The highest BCUT2D eigenvalue weighted by Crippen LogP contribution is 2.17. The number of hydrogen-bond acceptors (Lipinski definition) is 4. The number of carbonyl (C=O) groups is 1. The molecule has 0 aliphatic heterocycles. The zero-order chi connectivity index (χ0) is 18.5. The first-order chi connectivity index (χ1) is 12.6. The second-order valence-corrected chi connectivity index (χ2v) is 5.98. The lowest BCUT2D eigenvalue weighted by Gasteiger charge is -2.09. The number of amides is 1. The molecule has 3 aromatic rings. The molecule has 1 N–H and O–H groups in total. The molecule has 1 amide bonds. The van der Waals surface area contributed by atoms with Crippen LogP contribution in [0.3, 0.4) is 0 Å². The molecule has 0 spiro atoms. The molecule has 7 nitrogen and oxygen atoms in total. The predicted molar refractivity (Wildman–Crippen MR) is 99.2 cm³/mol. The molecule has 1 heterocycles. The summed E-state index contributed by atoms with van der Waals surface area (Å²) < 4.78 is 2.19. The van der Waals surface area contributed by atoms with E-state index in [0.29, 0.717) is 18.5 Å². The van der Waals surface area contributed by atoms with Gasteiger partial charge in [0.05, 0.1) is 16.0 Å². The van der Waals surface area contributed by atoms with Crippen molar-refractivity contribution in [3.8, 4) is 0 Å². The first kappa shape index (κ1) is 17.6. The highest BCUT2D eigenvalue weighted by molar-refractivity contribution is 5.94. The van der Waals surface area contributed by atoms with Crippen molar-refractivity contribution in [3.05, 3.63) is 70.0 Å². The largest absolute Gasteiger partial charge is 0.352 e. The van der Waals surface area contributed by atoms with E-state index >= 15 is 0 Å². The van der Waals surface area contributed by atoms with Gasteiger partial charge in [-0.1, -0.05) is 19.1 Å². The van der Waals surface area contributed by atoms with Crippen LogP contribution in [-0.4, -0.2) is 26.9 Å². The van der Waals surface area contributed by atoms with Crippen molar-refractivity contribution in [2.75, 3.05) is 6.54 Å². The van der Waals surface area contributed by atoms with Gasteiger partial charge in [0.15, 0.2) is 0 Å². The number of carbonyl (C=O) groups excluding carboxylic acids is 1. The van der Waals surface area contributed by atoms with Crippen LogP contribution < -0.4 is 5.32 Å². The highest BCUT2D eigenvalue weighted by Gasteiger charge is 2.12. The van der Waals surface area contributed by atoms with E-state index in [-0.39, 0.29) is 11.6 Å². The quantitative estimate of drug-likeness (QED) is 0.522. The molecule has 134 valence electrons. The van der Waals surface area contributed by atoms with Gasteiger partial charge in [-0.25, -0.2) is 4.98 Å². The number of non-ortho nitro benzene ring substituents is 1. The topological polar surface area (TPSA) is 90.1 Å². The lowest BCUT2D eigenvalue weighted by atomic mass is 10.2. The van der Waals surface area contributed by atoms with Crippen molar-refractivity contribution < 1.29 is 9.72 Å². The molecule has 0 radical (unpaired) electrons. The average molecular weight is 352 g/mol. The summed E-state index contributed by atoms with van der Waals surface area (Å²) in [4.78, 5) is 27.0. The number of nitro groups is 1. The third-order valence-corrected chi connectivity index (χ3v) is 4.16. The van der Waals surface area contributed by atoms with Gasteiger partial charge in [-0.2, -0.15) is 0 Å². The van der Waals surface area contributed by atoms with Crippen LogP contribution in [0.25, 0.3) is 11.0 Å². The summed E-state index contributed by atoms with van der Waals surface area (Å²) in [6.07, 6.45) is 1.62. The number of rotatable bonds is 7. The van der Waals surface area contributed by atoms with Crippen LogP contribution in [0.15, 0.2) is 48.5 Å². The number of nitrogens with zero attached hydrogens (tertiary/aromatic N) is 3. The molecule has 3 rings (SSSR count). The number of hydrogen-bond donors (Lipinski definition) is 1. The Hall–Kier alpha value is -3.22. The van der Waals surface area contributed by atoms with Crippen molar-refractivity contribution in [2.24, 2.45) is 0 Å². The van der Waals surface area contributed by atoms with Crippen molar-refractivity contribution >= 4 is 22.6 Å². The summed E-state index contributed by atoms with van der Waals surface area (Å²) in [5.74, 6) is 0.690. The number of benzene rings is 2. The van der Waals surface area contributed by atoms with Crippen LogP contribution in [0, 0.1) is 10.1 Å². The van der Waals surface area contributed by atoms with Crippen LogP contribution >= 0.6 is 0 Å². The maximum atomic E-state index is 12.2. The van der Waals surface area contributed by atoms with Gasteiger partial charge in [-0.05, 0) is 30.7 Å². The number of imidazole rings is 1. The van der Waals surface area contributed by atoms with Gasteiger partial charge >= 0.3 is 0 Å². The minimum absolute atomic E-state index is 0.0326.